The van der Waals surface area contributed by atoms with Crippen molar-refractivity contribution < 1.29 is 14.0 Å². The number of nitrogens with one attached hydrogen (secondary N) is 2. The van der Waals surface area contributed by atoms with Gasteiger partial charge in [0, 0.05) is 18.2 Å². The zero-order valence-corrected chi connectivity index (χ0v) is 11.7. The fourth-order valence-corrected chi connectivity index (χ4v) is 2.52. The lowest BCUT2D eigenvalue weighted by molar-refractivity contribution is -0.126. The van der Waals surface area contributed by atoms with Gasteiger partial charge in [0.1, 0.15) is 5.82 Å². The van der Waals surface area contributed by atoms with E-state index in [1.54, 1.807) is 6.07 Å². The lowest BCUT2D eigenvalue weighted by atomic mass is 9.89. The smallest absolute Gasteiger partial charge is 0.228 e. The standard InChI is InChI=1S/C15H19FN2O2/c1-3-4-9(2)17-15(20)12-8-14(19)18-13-7-10(16)5-6-11(12)13/h5-7,9,12H,3-4,8H2,1-2H3,(H,17,20)(H,18,19)/t9-,12+/m1/s1. The SMILES string of the molecule is CCC[C@@H](C)NC(=O)[C@H]1CC(=O)Nc2cc(F)ccc21. The lowest BCUT2D eigenvalue weighted by Crippen LogP contribution is -2.39. The lowest BCUT2D eigenvalue weighted by Gasteiger charge is -2.26. The Kier molecular flexibility index (Phi) is 4.37. The Hall–Kier alpha value is -1.91. The van der Waals surface area contributed by atoms with Gasteiger partial charge in [0.05, 0.1) is 5.92 Å². The summed E-state index contributed by atoms with van der Waals surface area (Å²) < 4.78 is 13.2. The van der Waals surface area contributed by atoms with E-state index in [0.717, 1.165) is 12.8 Å². The summed E-state index contributed by atoms with van der Waals surface area (Å²) in [5, 5.41) is 5.52. The third-order valence-electron chi connectivity index (χ3n) is 3.48. The predicted molar refractivity (Wildman–Crippen MR) is 74.9 cm³/mol. The number of fused-ring (bicyclic) bond motifs is 1. The molecular formula is C15H19FN2O2. The average Bonchev–Trinajstić information content (AvgIpc) is 2.37. The van der Waals surface area contributed by atoms with Crippen molar-refractivity contribution in [1.29, 1.82) is 0 Å². The molecule has 1 aromatic rings. The van der Waals surface area contributed by atoms with Crippen molar-refractivity contribution in [3.63, 3.8) is 0 Å². The molecule has 1 aliphatic rings. The van der Waals surface area contributed by atoms with Gasteiger partial charge in [-0.15, -0.1) is 0 Å². The first kappa shape index (κ1) is 14.5. The number of benzene rings is 1. The first-order valence-electron chi connectivity index (χ1n) is 6.91. The van der Waals surface area contributed by atoms with E-state index in [1.807, 2.05) is 6.92 Å². The van der Waals surface area contributed by atoms with Crippen molar-refractivity contribution in [2.24, 2.45) is 0 Å². The zero-order valence-electron chi connectivity index (χ0n) is 11.7. The van der Waals surface area contributed by atoms with Gasteiger partial charge in [-0.05, 0) is 31.0 Å². The van der Waals surface area contributed by atoms with Crippen molar-refractivity contribution in [2.45, 2.75) is 45.1 Å². The highest BCUT2D eigenvalue weighted by Gasteiger charge is 2.31. The molecule has 0 radical (unpaired) electrons. The summed E-state index contributed by atoms with van der Waals surface area (Å²) >= 11 is 0. The number of amides is 2. The van der Waals surface area contributed by atoms with Gasteiger partial charge in [-0.3, -0.25) is 9.59 Å². The summed E-state index contributed by atoms with van der Waals surface area (Å²) in [6, 6.07) is 4.20. The first-order valence-corrected chi connectivity index (χ1v) is 6.91. The second-order valence-corrected chi connectivity index (χ2v) is 5.23. The van der Waals surface area contributed by atoms with Crippen LogP contribution in [0, 0.1) is 5.82 Å². The van der Waals surface area contributed by atoms with Crippen molar-refractivity contribution in [3.05, 3.63) is 29.6 Å². The van der Waals surface area contributed by atoms with Crippen LogP contribution in [0.5, 0.6) is 0 Å². The van der Waals surface area contributed by atoms with Gasteiger partial charge in [0.25, 0.3) is 0 Å². The van der Waals surface area contributed by atoms with Crippen LogP contribution in [0.3, 0.4) is 0 Å². The van der Waals surface area contributed by atoms with Crippen molar-refractivity contribution in [1.82, 2.24) is 5.32 Å². The minimum Gasteiger partial charge on any atom is -0.353 e. The Bertz CT molecular complexity index is 531. The molecule has 5 heteroatoms. The Labute approximate surface area is 117 Å². The monoisotopic (exact) mass is 278 g/mol. The van der Waals surface area contributed by atoms with E-state index in [0.29, 0.717) is 11.3 Å². The maximum atomic E-state index is 13.2. The molecule has 1 aromatic carbocycles. The molecule has 0 spiro atoms. The molecule has 0 bridgehead atoms. The summed E-state index contributed by atoms with van der Waals surface area (Å²) in [5.74, 6) is -1.40. The van der Waals surface area contributed by atoms with Gasteiger partial charge in [-0.2, -0.15) is 0 Å². The minimum absolute atomic E-state index is 0.0707. The van der Waals surface area contributed by atoms with E-state index >= 15 is 0 Å². The highest BCUT2D eigenvalue weighted by atomic mass is 19.1. The molecule has 1 aliphatic heterocycles. The third-order valence-corrected chi connectivity index (χ3v) is 3.48. The van der Waals surface area contributed by atoms with Crippen LogP contribution in [0.2, 0.25) is 0 Å². The van der Waals surface area contributed by atoms with Gasteiger partial charge in [0.15, 0.2) is 0 Å². The highest BCUT2D eigenvalue weighted by Crippen LogP contribution is 2.32. The second-order valence-electron chi connectivity index (χ2n) is 5.23. The number of hydrogen-bond donors (Lipinski definition) is 2. The van der Waals surface area contributed by atoms with Crippen LogP contribution in [0.15, 0.2) is 18.2 Å². The van der Waals surface area contributed by atoms with Gasteiger partial charge in [0.2, 0.25) is 11.8 Å². The zero-order chi connectivity index (χ0) is 14.7. The molecule has 0 fully saturated rings. The molecule has 2 amide bonds. The Morgan fingerprint density at radius 1 is 1.55 bits per heavy atom. The molecule has 2 N–H and O–H groups in total. The molecule has 1 heterocycles. The normalized spacial score (nSPS) is 18.9. The molecule has 4 nitrogen and oxygen atoms in total. The number of carbonyl (C=O) groups excluding carboxylic acids is 2. The summed E-state index contributed by atoms with van der Waals surface area (Å²) in [5.41, 5.74) is 1.07. The predicted octanol–water partition coefficient (Wildman–Crippen LogP) is 2.56. The van der Waals surface area contributed by atoms with Crippen LogP contribution >= 0.6 is 0 Å². The van der Waals surface area contributed by atoms with Crippen LogP contribution in [0.1, 0.15) is 44.6 Å². The van der Waals surface area contributed by atoms with E-state index in [-0.39, 0.29) is 24.3 Å². The molecule has 0 saturated heterocycles. The van der Waals surface area contributed by atoms with Crippen molar-refractivity contribution in [3.8, 4) is 0 Å². The number of halogens is 1. The van der Waals surface area contributed by atoms with Crippen LogP contribution < -0.4 is 10.6 Å². The van der Waals surface area contributed by atoms with Crippen molar-refractivity contribution >= 4 is 17.5 Å². The van der Waals surface area contributed by atoms with Crippen LogP contribution in [0.4, 0.5) is 10.1 Å². The Balaban J connectivity index is 2.20. The topological polar surface area (TPSA) is 58.2 Å². The highest BCUT2D eigenvalue weighted by molar-refractivity contribution is 6.01. The maximum absolute atomic E-state index is 13.2. The second kappa shape index (κ2) is 6.03. The van der Waals surface area contributed by atoms with E-state index in [1.165, 1.54) is 12.1 Å². The Morgan fingerprint density at radius 3 is 3.00 bits per heavy atom. The summed E-state index contributed by atoms with van der Waals surface area (Å²) in [4.78, 5) is 23.9. The van der Waals surface area contributed by atoms with Gasteiger partial charge >= 0.3 is 0 Å². The van der Waals surface area contributed by atoms with E-state index in [4.69, 9.17) is 0 Å². The van der Waals surface area contributed by atoms with E-state index in [9.17, 15) is 14.0 Å². The van der Waals surface area contributed by atoms with Gasteiger partial charge in [-0.1, -0.05) is 19.4 Å². The van der Waals surface area contributed by atoms with Gasteiger partial charge < -0.3 is 10.6 Å². The van der Waals surface area contributed by atoms with Gasteiger partial charge in [-0.25, -0.2) is 4.39 Å². The van der Waals surface area contributed by atoms with Crippen LogP contribution in [0.25, 0.3) is 0 Å². The number of anilines is 1. The van der Waals surface area contributed by atoms with Crippen LogP contribution in [-0.4, -0.2) is 17.9 Å². The van der Waals surface area contributed by atoms with E-state index in [2.05, 4.69) is 17.6 Å². The Morgan fingerprint density at radius 2 is 2.30 bits per heavy atom. The number of carbonyl (C=O) groups is 2. The first-order chi connectivity index (χ1) is 9.51. The molecule has 108 valence electrons. The minimum atomic E-state index is -0.543. The molecule has 0 saturated carbocycles. The van der Waals surface area contributed by atoms with Crippen molar-refractivity contribution in [2.75, 3.05) is 5.32 Å². The average molecular weight is 278 g/mol. The molecule has 0 aromatic heterocycles. The molecule has 0 unspecified atom stereocenters. The summed E-state index contributed by atoms with van der Waals surface area (Å²) in [6.07, 6.45) is 1.97. The third kappa shape index (κ3) is 3.15. The summed E-state index contributed by atoms with van der Waals surface area (Å²) in [7, 11) is 0. The molecule has 2 atom stereocenters. The fourth-order valence-electron chi connectivity index (χ4n) is 2.52. The molecule has 20 heavy (non-hydrogen) atoms. The number of hydrogen-bond acceptors (Lipinski definition) is 2. The molecular weight excluding hydrogens is 259 g/mol. The molecule has 0 aliphatic carbocycles. The largest absolute Gasteiger partial charge is 0.353 e. The number of rotatable bonds is 4. The maximum Gasteiger partial charge on any atom is 0.228 e. The fraction of sp³-hybridized carbons (Fsp3) is 0.467. The van der Waals surface area contributed by atoms with Crippen LogP contribution in [-0.2, 0) is 9.59 Å². The van der Waals surface area contributed by atoms with E-state index < -0.39 is 11.7 Å². The quantitative estimate of drug-likeness (QED) is 0.889. The molecule has 2 rings (SSSR count). The summed E-state index contributed by atoms with van der Waals surface area (Å²) in [6.45, 7) is 3.99.